The van der Waals surface area contributed by atoms with Gasteiger partial charge in [-0.3, -0.25) is 4.79 Å². The number of carbonyl (C=O) groups excluding carboxylic acids is 1. The van der Waals surface area contributed by atoms with Crippen LogP contribution < -0.4 is 15.4 Å². The Bertz CT molecular complexity index is 422. The first-order valence-electron chi connectivity index (χ1n) is 6.76. The zero-order valence-corrected chi connectivity index (χ0v) is 11.7. The first kappa shape index (κ1) is 13.9. The molecule has 1 aliphatic rings. The molecule has 4 nitrogen and oxygen atoms in total. The van der Waals surface area contributed by atoms with E-state index in [0.717, 1.165) is 37.2 Å². The lowest BCUT2D eigenvalue weighted by Gasteiger charge is -2.32. The van der Waals surface area contributed by atoms with Gasteiger partial charge in [-0.1, -0.05) is 19.1 Å². The summed E-state index contributed by atoms with van der Waals surface area (Å²) in [6, 6.07) is 7.77. The zero-order valence-electron chi connectivity index (χ0n) is 11.7. The summed E-state index contributed by atoms with van der Waals surface area (Å²) in [5, 5.41) is 6.33. The summed E-state index contributed by atoms with van der Waals surface area (Å²) in [7, 11) is 1.65. The highest BCUT2D eigenvalue weighted by atomic mass is 16.5. The number of hydrogen-bond acceptors (Lipinski definition) is 3. The fourth-order valence-corrected chi connectivity index (χ4v) is 2.34. The fourth-order valence-electron chi connectivity index (χ4n) is 2.34. The molecule has 1 aliphatic heterocycles. The Balaban J connectivity index is 1.88. The highest BCUT2D eigenvalue weighted by Gasteiger charge is 2.34. The lowest BCUT2D eigenvalue weighted by atomic mass is 9.80. The van der Waals surface area contributed by atoms with E-state index in [1.807, 2.05) is 24.3 Å². The molecule has 0 saturated carbocycles. The summed E-state index contributed by atoms with van der Waals surface area (Å²) >= 11 is 0. The Morgan fingerprint density at radius 3 is 2.53 bits per heavy atom. The predicted octanol–water partition coefficient (Wildman–Crippen LogP) is 1.70. The van der Waals surface area contributed by atoms with Crippen molar-refractivity contribution in [3.63, 3.8) is 0 Å². The second-order valence-electron chi connectivity index (χ2n) is 5.34. The second-order valence-corrected chi connectivity index (χ2v) is 5.34. The van der Waals surface area contributed by atoms with Crippen molar-refractivity contribution in [3.8, 4) is 5.75 Å². The molecule has 1 saturated heterocycles. The molecular formula is C15H22N2O2. The molecule has 2 rings (SSSR count). The van der Waals surface area contributed by atoms with Gasteiger partial charge >= 0.3 is 0 Å². The van der Waals surface area contributed by atoms with Crippen molar-refractivity contribution in [2.45, 2.75) is 26.3 Å². The molecule has 0 unspecified atom stereocenters. The van der Waals surface area contributed by atoms with Crippen molar-refractivity contribution in [2.75, 3.05) is 20.2 Å². The molecule has 1 aromatic carbocycles. The van der Waals surface area contributed by atoms with Crippen LogP contribution in [-0.4, -0.2) is 26.1 Å². The summed E-state index contributed by atoms with van der Waals surface area (Å²) in [5.41, 5.74) is 0.865. The molecule has 0 atom stereocenters. The monoisotopic (exact) mass is 262 g/mol. The van der Waals surface area contributed by atoms with Gasteiger partial charge in [-0.15, -0.1) is 0 Å². The third-order valence-corrected chi connectivity index (χ3v) is 3.87. The largest absolute Gasteiger partial charge is 0.497 e. The van der Waals surface area contributed by atoms with E-state index in [2.05, 4.69) is 17.6 Å². The summed E-state index contributed by atoms with van der Waals surface area (Å²) in [6.07, 6.45) is 1.81. The van der Waals surface area contributed by atoms with Crippen LogP contribution in [0.5, 0.6) is 5.75 Å². The second kappa shape index (κ2) is 6.06. The number of rotatable bonds is 4. The molecule has 0 radical (unpaired) electrons. The highest BCUT2D eigenvalue weighted by Crippen LogP contribution is 2.28. The Morgan fingerprint density at radius 2 is 1.95 bits per heavy atom. The molecule has 1 amide bonds. The molecule has 1 aromatic rings. The van der Waals surface area contributed by atoms with Gasteiger partial charge in [-0.05, 0) is 43.6 Å². The van der Waals surface area contributed by atoms with Gasteiger partial charge in [0.1, 0.15) is 5.75 Å². The molecule has 2 N–H and O–H groups in total. The standard InChI is InChI=1S/C15H22N2O2/c1-15(7-9-16-10-8-15)14(18)17-11-12-3-5-13(19-2)6-4-12/h3-6,16H,7-11H2,1-2H3,(H,17,18). The number of methoxy groups -OCH3 is 1. The van der Waals surface area contributed by atoms with Crippen LogP contribution >= 0.6 is 0 Å². The topological polar surface area (TPSA) is 50.4 Å². The van der Waals surface area contributed by atoms with Gasteiger partial charge in [0.15, 0.2) is 0 Å². The van der Waals surface area contributed by atoms with Crippen molar-refractivity contribution in [3.05, 3.63) is 29.8 Å². The summed E-state index contributed by atoms with van der Waals surface area (Å²) in [6.45, 7) is 4.47. The molecule has 19 heavy (non-hydrogen) atoms. The van der Waals surface area contributed by atoms with Crippen molar-refractivity contribution >= 4 is 5.91 Å². The minimum Gasteiger partial charge on any atom is -0.497 e. The molecule has 1 fully saturated rings. The molecule has 0 bridgehead atoms. The first-order chi connectivity index (χ1) is 9.14. The molecule has 0 aromatic heterocycles. The molecular weight excluding hydrogens is 240 g/mol. The fraction of sp³-hybridized carbons (Fsp3) is 0.533. The molecule has 0 spiro atoms. The third kappa shape index (κ3) is 3.47. The maximum atomic E-state index is 12.3. The maximum Gasteiger partial charge on any atom is 0.226 e. The molecule has 4 heteroatoms. The zero-order chi connectivity index (χ0) is 13.7. The van der Waals surface area contributed by atoms with Crippen LogP contribution in [0.25, 0.3) is 0 Å². The van der Waals surface area contributed by atoms with Crippen molar-refractivity contribution in [1.82, 2.24) is 10.6 Å². The maximum absolute atomic E-state index is 12.3. The Hall–Kier alpha value is -1.55. The smallest absolute Gasteiger partial charge is 0.226 e. The lowest BCUT2D eigenvalue weighted by molar-refractivity contribution is -0.131. The van der Waals surface area contributed by atoms with Crippen molar-refractivity contribution < 1.29 is 9.53 Å². The number of piperidine rings is 1. The predicted molar refractivity (Wildman–Crippen MR) is 75.1 cm³/mol. The molecule has 104 valence electrons. The Labute approximate surface area is 114 Å². The number of amides is 1. The normalized spacial score (nSPS) is 17.8. The third-order valence-electron chi connectivity index (χ3n) is 3.87. The number of nitrogens with one attached hydrogen (secondary N) is 2. The van der Waals surface area contributed by atoms with Crippen molar-refractivity contribution in [1.29, 1.82) is 0 Å². The first-order valence-corrected chi connectivity index (χ1v) is 6.76. The van der Waals surface area contributed by atoms with Gasteiger partial charge in [0.2, 0.25) is 5.91 Å². The van der Waals surface area contributed by atoms with Gasteiger partial charge in [-0.2, -0.15) is 0 Å². The van der Waals surface area contributed by atoms with Crippen LogP contribution in [0, 0.1) is 5.41 Å². The van der Waals surface area contributed by atoms with E-state index in [1.54, 1.807) is 7.11 Å². The Morgan fingerprint density at radius 1 is 1.32 bits per heavy atom. The Kier molecular flexibility index (Phi) is 4.43. The lowest BCUT2D eigenvalue weighted by Crippen LogP contribution is -2.45. The number of benzene rings is 1. The summed E-state index contributed by atoms with van der Waals surface area (Å²) in [5.74, 6) is 0.991. The van der Waals surface area contributed by atoms with Gasteiger partial charge in [-0.25, -0.2) is 0 Å². The van der Waals surface area contributed by atoms with Crippen LogP contribution in [0.3, 0.4) is 0 Å². The SMILES string of the molecule is COc1ccc(CNC(=O)C2(C)CCNCC2)cc1. The number of hydrogen-bond donors (Lipinski definition) is 2. The van der Waals surface area contributed by atoms with Crippen molar-refractivity contribution in [2.24, 2.45) is 5.41 Å². The van der Waals surface area contributed by atoms with E-state index in [4.69, 9.17) is 4.74 Å². The van der Waals surface area contributed by atoms with E-state index >= 15 is 0 Å². The minimum atomic E-state index is -0.224. The van der Waals surface area contributed by atoms with Gasteiger partial charge < -0.3 is 15.4 Å². The quantitative estimate of drug-likeness (QED) is 0.868. The molecule has 0 aliphatic carbocycles. The van der Waals surface area contributed by atoms with Crippen LogP contribution in [0.4, 0.5) is 0 Å². The average molecular weight is 262 g/mol. The average Bonchev–Trinajstić information content (AvgIpc) is 2.46. The highest BCUT2D eigenvalue weighted by molar-refractivity contribution is 5.82. The van der Waals surface area contributed by atoms with E-state index in [9.17, 15) is 4.79 Å². The van der Waals surface area contributed by atoms with Crippen LogP contribution in [0.2, 0.25) is 0 Å². The molecule has 1 heterocycles. The minimum absolute atomic E-state index is 0.157. The van der Waals surface area contributed by atoms with Crippen LogP contribution in [0.1, 0.15) is 25.3 Å². The number of ether oxygens (including phenoxy) is 1. The number of carbonyl (C=O) groups is 1. The van der Waals surface area contributed by atoms with E-state index in [-0.39, 0.29) is 11.3 Å². The van der Waals surface area contributed by atoms with E-state index < -0.39 is 0 Å². The van der Waals surface area contributed by atoms with Gasteiger partial charge in [0, 0.05) is 12.0 Å². The van der Waals surface area contributed by atoms with Gasteiger partial charge in [0.05, 0.1) is 7.11 Å². The van der Waals surface area contributed by atoms with E-state index in [1.165, 1.54) is 0 Å². The summed E-state index contributed by atoms with van der Waals surface area (Å²) in [4.78, 5) is 12.3. The van der Waals surface area contributed by atoms with Crippen LogP contribution in [-0.2, 0) is 11.3 Å². The van der Waals surface area contributed by atoms with Gasteiger partial charge in [0.25, 0.3) is 0 Å². The summed E-state index contributed by atoms with van der Waals surface area (Å²) < 4.78 is 5.11. The van der Waals surface area contributed by atoms with E-state index in [0.29, 0.717) is 6.54 Å². The van der Waals surface area contributed by atoms with Crippen LogP contribution in [0.15, 0.2) is 24.3 Å².